The third-order valence-electron chi connectivity index (χ3n) is 2.40. The van der Waals surface area contributed by atoms with Crippen molar-refractivity contribution in [1.82, 2.24) is 9.97 Å². The topological polar surface area (TPSA) is 73.1 Å². The number of nitrogens with one attached hydrogen (secondary N) is 1. The maximum absolute atomic E-state index is 5.97. The summed E-state index contributed by atoms with van der Waals surface area (Å²) in [5, 5.41) is 0.633. The average Bonchev–Trinajstić information content (AvgIpc) is 2.42. The Kier molecular flexibility index (Phi) is 4.71. The number of nitrogen functional groups attached to an aromatic ring is 1. The van der Waals surface area contributed by atoms with Gasteiger partial charge in [-0.3, -0.25) is 0 Å². The first-order chi connectivity index (χ1) is 9.13. The molecule has 5 nitrogen and oxygen atoms in total. The SMILES string of the molecule is COCc1cc(NN)nc(-c2ccc(Cl)c(Br)c2)n1. The van der Waals surface area contributed by atoms with Crippen LogP contribution in [0.25, 0.3) is 11.4 Å². The summed E-state index contributed by atoms with van der Waals surface area (Å²) in [5.74, 6) is 6.49. The van der Waals surface area contributed by atoms with Gasteiger partial charge in [-0.1, -0.05) is 11.6 Å². The molecule has 0 aliphatic carbocycles. The summed E-state index contributed by atoms with van der Waals surface area (Å²) in [6.07, 6.45) is 0. The van der Waals surface area contributed by atoms with Crippen molar-refractivity contribution in [3.63, 3.8) is 0 Å². The van der Waals surface area contributed by atoms with Gasteiger partial charge in [0.2, 0.25) is 0 Å². The molecule has 0 spiro atoms. The molecule has 0 radical (unpaired) electrons. The van der Waals surface area contributed by atoms with Crippen molar-refractivity contribution in [2.24, 2.45) is 5.84 Å². The minimum Gasteiger partial charge on any atom is -0.378 e. The van der Waals surface area contributed by atoms with Crippen molar-refractivity contribution >= 4 is 33.3 Å². The molecule has 0 aliphatic rings. The fourth-order valence-corrected chi connectivity index (χ4v) is 2.05. The first-order valence-corrected chi connectivity index (χ1v) is 6.60. The number of benzene rings is 1. The van der Waals surface area contributed by atoms with E-state index in [0.717, 1.165) is 15.7 Å². The molecule has 0 bridgehead atoms. The van der Waals surface area contributed by atoms with Crippen molar-refractivity contribution in [3.8, 4) is 11.4 Å². The standard InChI is InChI=1S/C12H12BrClN4O/c1-19-6-8-5-11(18-15)17-12(16-8)7-2-3-10(14)9(13)4-7/h2-5H,6,15H2,1H3,(H,16,17,18). The molecule has 0 amide bonds. The molecule has 19 heavy (non-hydrogen) atoms. The third-order valence-corrected chi connectivity index (χ3v) is 3.61. The number of anilines is 1. The molecule has 0 fully saturated rings. The van der Waals surface area contributed by atoms with Crippen molar-refractivity contribution in [3.05, 3.63) is 39.5 Å². The molecule has 7 heteroatoms. The molecule has 0 atom stereocenters. The average molecular weight is 344 g/mol. The molecule has 2 rings (SSSR count). The van der Waals surface area contributed by atoms with Crippen molar-refractivity contribution in [2.45, 2.75) is 6.61 Å². The van der Waals surface area contributed by atoms with E-state index in [2.05, 4.69) is 31.3 Å². The lowest BCUT2D eigenvalue weighted by atomic mass is 10.2. The van der Waals surface area contributed by atoms with E-state index in [9.17, 15) is 0 Å². The van der Waals surface area contributed by atoms with Gasteiger partial charge in [0.15, 0.2) is 5.82 Å². The monoisotopic (exact) mass is 342 g/mol. The Morgan fingerprint density at radius 1 is 1.37 bits per heavy atom. The van der Waals surface area contributed by atoms with Crippen LogP contribution in [0.3, 0.4) is 0 Å². The van der Waals surface area contributed by atoms with Crippen LogP contribution in [-0.4, -0.2) is 17.1 Å². The summed E-state index contributed by atoms with van der Waals surface area (Å²) in [6.45, 7) is 0.388. The smallest absolute Gasteiger partial charge is 0.161 e. The lowest BCUT2D eigenvalue weighted by Gasteiger charge is -2.08. The highest BCUT2D eigenvalue weighted by atomic mass is 79.9. The number of hydrogen-bond acceptors (Lipinski definition) is 5. The summed E-state index contributed by atoms with van der Waals surface area (Å²) in [7, 11) is 1.61. The highest BCUT2D eigenvalue weighted by molar-refractivity contribution is 9.10. The molecule has 1 aromatic heterocycles. The number of hydrogen-bond donors (Lipinski definition) is 2. The lowest BCUT2D eigenvalue weighted by molar-refractivity contribution is 0.181. The molecule has 1 heterocycles. The molecule has 100 valence electrons. The van der Waals surface area contributed by atoms with Gasteiger partial charge in [-0.05, 0) is 34.1 Å². The number of nitrogens with zero attached hydrogens (tertiary/aromatic N) is 2. The van der Waals surface area contributed by atoms with Crippen LogP contribution in [0, 0.1) is 0 Å². The molecule has 0 saturated heterocycles. The maximum Gasteiger partial charge on any atom is 0.161 e. The summed E-state index contributed by atoms with van der Waals surface area (Å²) in [5.41, 5.74) is 4.10. The Hall–Kier alpha value is -1.21. The van der Waals surface area contributed by atoms with Gasteiger partial charge in [0.25, 0.3) is 0 Å². The second kappa shape index (κ2) is 6.29. The van der Waals surface area contributed by atoms with E-state index in [1.54, 1.807) is 19.2 Å². The maximum atomic E-state index is 5.97. The normalized spacial score (nSPS) is 10.5. The molecule has 0 unspecified atom stereocenters. The second-order valence-electron chi connectivity index (χ2n) is 3.77. The van der Waals surface area contributed by atoms with E-state index in [1.807, 2.05) is 12.1 Å². The molecular weight excluding hydrogens is 332 g/mol. The molecule has 2 aromatic rings. The zero-order chi connectivity index (χ0) is 13.8. The fourth-order valence-electron chi connectivity index (χ4n) is 1.56. The Morgan fingerprint density at radius 3 is 2.79 bits per heavy atom. The second-order valence-corrected chi connectivity index (χ2v) is 5.04. The predicted molar refractivity (Wildman–Crippen MR) is 78.7 cm³/mol. The third kappa shape index (κ3) is 3.42. The highest BCUT2D eigenvalue weighted by Crippen LogP contribution is 2.27. The molecule has 1 aromatic carbocycles. The van der Waals surface area contributed by atoms with Crippen molar-refractivity contribution in [1.29, 1.82) is 0 Å². The van der Waals surface area contributed by atoms with Crippen LogP contribution < -0.4 is 11.3 Å². The van der Waals surface area contributed by atoms with E-state index in [0.29, 0.717) is 23.3 Å². The van der Waals surface area contributed by atoms with E-state index < -0.39 is 0 Å². The van der Waals surface area contributed by atoms with Gasteiger partial charge in [0, 0.05) is 23.2 Å². The number of aromatic nitrogens is 2. The van der Waals surface area contributed by atoms with Crippen LogP contribution in [-0.2, 0) is 11.3 Å². The van der Waals surface area contributed by atoms with Crippen molar-refractivity contribution < 1.29 is 4.74 Å². The van der Waals surface area contributed by atoms with Gasteiger partial charge in [0.05, 0.1) is 17.3 Å². The van der Waals surface area contributed by atoms with Gasteiger partial charge in [-0.15, -0.1) is 0 Å². The van der Waals surface area contributed by atoms with Crippen molar-refractivity contribution in [2.75, 3.05) is 12.5 Å². The lowest BCUT2D eigenvalue weighted by Crippen LogP contribution is -2.10. The van der Waals surface area contributed by atoms with Crippen LogP contribution in [0.1, 0.15) is 5.69 Å². The summed E-state index contributed by atoms with van der Waals surface area (Å²) >= 11 is 9.34. The van der Waals surface area contributed by atoms with E-state index in [4.69, 9.17) is 22.2 Å². The quantitative estimate of drug-likeness (QED) is 0.659. The minimum atomic E-state index is 0.388. The van der Waals surface area contributed by atoms with Gasteiger partial charge < -0.3 is 10.2 Å². The van der Waals surface area contributed by atoms with Crippen LogP contribution in [0.2, 0.25) is 5.02 Å². The molecule has 0 saturated carbocycles. The van der Waals surface area contributed by atoms with E-state index in [1.165, 1.54) is 0 Å². The number of hydrazine groups is 1. The van der Waals surface area contributed by atoms with Gasteiger partial charge in [-0.25, -0.2) is 15.8 Å². The minimum absolute atomic E-state index is 0.388. The van der Waals surface area contributed by atoms with E-state index in [-0.39, 0.29) is 0 Å². The Balaban J connectivity index is 2.47. The first kappa shape index (κ1) is 14.2. The number of rotatable bonds is 4. The predicted octanol–water partition coefficient (Wildman–Crippen LogP) is 2.99. The number of halogens is 2. The van der Waals surface area contributed by atoms with Crippen LogP contribution in [0.5, 0.6) is 0 Å². The summed E-state index contributed by atoms with van der Waals surface area (Å²) < 4.78 is 5.86. The largest absolute Gasteiger partial charge is 0.378 e. The highest BCUT2D eigenvalue weighted by Gasteiger charge is 2.08. The summed E-state index contributed by atoms with van der Waals surface area (Å²) in [4.78, 5) is 8.73. The van der Waals surface area contributed by atoms with Crippen LogP contribution in [0.15, 0.2) is 28.7 Å². The van der Waals surface area contributed by atoms with Crippen LogP contribution in [0.4, 0.5) is 5.82 Å². The van der Waals surface area contributed by atoms with Gasteiger partial charge in [-0.2, -0.15) is 0 Å². The van der Waals surface area contributed by atoms with Crippen LogP contribution >= 0.6 is 27.5 Å². The summed E-state index contributed by atoms with van der Waals surface area (Å²) in [6, 6.07) is 7.22. The Labute approximate surface area is 124 Å². The molecule has 3 N–H and O–H groups in total. The Morgan fingerprint density at radius 2 is 2.16 bits per heavy atom. The molecular formula is C12H12BrClN4O. The number of ether oxygens (including phenoxy) is 1. The van der Waals surface area contributed by atoms with Gasteiger partial charge in [0.1, 0.15) is 5.82 Å². The Bertz CT molecular complexity index is 594. The van der Waals surface area contributed by atoms with E-state index >= 15 is 0 Å². The molecule has 0 aliphatic heterocycles. The zero-order valence-corrected chi connectivity index (χ0v) is 12.5. The van der Waals surface area contributed by atoms with Gasteiger partial charge >= 0.3 is 0 Å². The first-order valence-electron chi connectivity index (χ1n) is 5.43. The zero-order valence-electron chi connectivity index (χ0n) is 10.2. The number of nitrogens with two attached hydrogens (primary N) is 1. The number of methoxy groups -OCH3 is 1. The fraction of sp³-hybridized carbons (Fsp3) is 0.167.